The summed E-state index contributed by atoms with van der Waals surface area (Å²) in [6.45, 7) is 4.65. The van der Waals surface area contributed by atoms with Crippen molar-refractivity contribution in [2.75, 3.05) is 26.0 Å². The van der Waals surface area contributed by atoms with E-state index in [-0.39, 0.29) is 11.8 Å². The van der Waals surface area contributed by atoms with Crippen LogP contribution in [-0.4, -0.2) is 41.4 Å². The van der Waals surface area contributed by atoms with Gasteiger partial charge in [0.2, 0.25) is 5.91 Å². The van der Waals surface area contributed by atoms with Gasteiger partial charge in [-0.05, 0) is 15.9 Å². The van der Waals surface area contributed by atoms with E-state index in [2.05, 4.69) is 31.2 Å². The van der Waals surface area contributed by atoms with Crippen molar-refractivity contribution < 1.29 is 4.79 Å². The van der Waals surface area contributed by atoms with Gasteiger partial charge in [-0.2, -0.15) is 0 Å². The summed E-state index contributed by atoms with van der Waals surface area (Å²) in [6.07, 6.45) is 0.450. The van der Waals surface area contributed by atoms with Crippen molar-refractivity contribution in [1.82, 2.24) is 14.9 Å². The van der Waals surface area contributed by atoms with Gasteiger partial charge in [0.25, 0.3) is 0 Å². The molecule has 0 radical (unpaired) electrons. The third kappa shape index (κ3) is 4.60. The highest BCUT2D eigenvalue weighted by Gasteiger charge is 2.07. The Morgan fingerprint density at radius 1 is 1.44 bits per heavy atom. The molecule has 0 aliphatic carbocycles. The first-order valence-electron chi connectivity index (χ1n) is 5.88. The number of carbonyl (C=O) groups is 1. The van der Waals surface area contributed by atoms with Crippen LogP contribution in [0, 0.1) is 0 Å². The Hall–Kier alpha value is -1.17. The Bertz CT molecular complexity index is 421. The lowest BCUT2D eigenvalue weighted by molar-refractivity contribution is -0.128. The van der Waals surface area contributed by atoms with Crippen LogP contribution >= 0.6 is 15.9 Å². The molecule has 0 aliphatic rings. The zero-order valence-corrected chi connectivity index (χ0v) is 12.8. The van der Waals surface area contributed by atoms with Crippen LogP contribution in [0.1, 0.15) is 32.0 Å². The van der Waals surface area contributed by atoms with Crippen molar-refractivity contribution >= 4 is 27.7 Å². The average Bonchev–Trinajstić information content (AvgIpc) is 2.27. The highest BCUT2D eigenvalue weighted by Crippen LogP contribution is 2.17. The van der Waals surface area contributed by atoms with Gasteiger partial charge in [0.05, 0.1) is 0 Å². The van der Waals surface area contributed by atoms with Gasteiger partial charge in [-0.1, -0.05) is 13.8 Å². The summed E-state index contributed by atoms with van der Waals surface area (Å²) in [5.41, 5.74) is 0. The van der Waals surface area contributed by atoms with Crippen LogP contribution in [-0.2, 0) is 4.79 Å². The van der Waals surface area contributed by atoms with E-state index in [0.29, 0.717) is 13.0 Å². The summed E-state index contributed by atoms with van der Waals surface area (Å²) in [4.78, 5) is 21.7. The SMILES string of the molecule is CC(C)c1nc(Br)cc(NCCC(=O)N(C)C)n1. The molecule has 18 heavy (non-hydrogen) atoms. The Morgan fingerprint density at radius 2 is 2.11 bits per heavy atom. The fourth-order valence-corrected chi connectivity index (χ4v) is 1.70. The molecule has 0 saturated heterocycles. The number of nitrogens with zero attached hydrogens (tertiary/aromatic N) is 3. The van der Waals surface area contributed by atoms with Crippen LogP contribution in [0.15, 0.2) is 10.7 Å². The molecule has 0 saturated carbocycles. The number of rotatable bonds is 5. The molecule has 0 spiro atoms. The van der Waals surface area contributed by atoms with Crippen LogP contribution in [0.5, 0.6) is 0 Å². The number of aromatic nitrogens is 2. The fraction of sp³-hybridized carbons (Fsp3) is 0.583. The summed E-state index contributed by atoms with van der Waals surface area (Å²) in [6, 6.07) is 1.81. The molecule has 100 valence electrons. The van der Waals surface area contributed by atoms with E-state index in [1.807, 2.05) is 19.9 Å². The molecule has 5 nitrogen and oxygen atoms in total. The average molecular weight is 315 g/mol. The fourth-order valence-electron chi connectivity index (χ4n) is 1.31. The third-order valence-corrected chi connectivity index (χ3v) is 2.78. The Kier molecular flexibility index (Phi) is 5.53. The highest BCUT2D eigenvalue weighted by molar-refractivity contribution is 9.10. The van der Waals surface area contributed by atoms with Crippen LogP contribution in [0.3, 0.4) is 0 Å². The number of nitrogens with one attached hydrogen (secondary N) is 1. The quantitative estimate of drug-likeness (QED) is 0.847. The van der Waals surface area contributed by atoms with E-state index in [4.69, 9.17) is 0 Å². The van der Waals surface area contributed by atoms with E-state index < -0.39 is 0 Å². The molecule has 0 fully saturated rings. The number of anilines is 1. The molecule has 1 N–H and O–H groups in total. The van der Waals surface area contributed by atoms with Gasteiger partial charge in [-0.25, -0.2) is 9.97 Å². The molecule has 1 rings (SSSR count). The second kappa shape index (κ2) is 6.68. The zero-order chi connectivity index (χ0) is 13.7. The molecular weight excluding hydrogens is 296 g/mol. The van der Waals surface area contributed by atoms with Gasteiger partial charge in [0.1, 0.15) is 16.2 Å². The van der Waals surface area contributed by atoms with Crippen molar-refractivity contribution in [2.45, 2.75) is 26.2 Å². The van der Waals surface area contributed by atoms with E-state index in [1.165, 1.54) is 0 Å². The number of halogens is 1. The maximum atomic E-state index is 11.4. The van der Waals surface area contributed by atoms with Crippen molar-refractivity contribution in [3.63, 3.8) is 0 Å². The van der Waals surface area contributed by atoms with Crippen LogP contribution in [0.4, 0.5) is 5.82 Å². The molecule has 1 amide bonds. The first-order valence-corrected chi connectivity index (χ1v) is 6.68. The third-order valence-electron chi connectivity index (χ3n) is 2.37. The summed E-state index contributed by atoms with van der Waals surface area (Å²) < 4.78 is 0.752. The lowest BCUT2D eigenvalue weighted by Crippen LogP contribution is -2.24. The van der Waals surface area contributed by atoms with E-state index in [9.17, 15) is 4.79 Å². The molecule has 1 heterocycles. The molecule has 0 unspecified atom stereocenters. The predicted octanol–water partition coefficient (Wildman–Crippen LogP) is 2.25. The minimum Gasteiger partial charge on any atom is -0.369 e. The zero-order valence-electron chi connectivity index (χ0n) is 11.2. The predicted molar refractivity (Wildman–Crippen MR) is 75.6 cm³/mol. The van der Waals surface area contributed by atoms with Gasteiger partial charge < -0.3 is 10.2 Å². The maximum Gasteiger partial charge on any atom is 0.223 e. The number of carbonyl (C=O) groups excluding carboxylic acids is 1. The number of amides is 1. The van der Waals surface area contributed by atoms with E-state index >= 15 is 0 Å². The summed E-state index contributed by atoms with van der Waals surface area (Å²) in [5, 5.41) is 3.14. The Balaban J connectivity index is 2.60. The lowest BCUT2D eigenvalue weighted by atomic mass is 10.2. The standard InChI is InChI=1S/C12H19BrN4O/c1-8(2)12-15-9(13)7-10(16-12)14-6-5-11(18)17(3)4/h7-8H,5-6H2,1-4H3,(H,14,15,16). The van der Waals surface area contributed by atoms with Crippen molar-refractivity contribution in [3.05, 3.63) is 16.5 Å². The topological polar surface area (TPSA) is 58.1 Å². The largest absolute Gasteiger partial charge is 0.369 e. The first kappa shape index (κ1) is 14.9. The van der Waals surface area contributed by atoms with Crippen LogP contribution in [0.2, 0.25) is 0 Å². The molecule has 1 aromatic heterocycles. The molecule has 0 atom stereocenters. The first-order chi connectivity index (χ1) is 8.40. The summed E-state index contributed by atoms with van der Waals surface area (Å²) in [5.74, 6) is 1.89. The van der Waals surface area contributed by atoms with Crippen molar-refractivity contribution in [3.8, 4) is 0 Å². The molecule has 0 aromatic carbocycles. The van der Waals surface area contributed by atoms with Gasteiger partial charge >= 0.3 is 0 Å². The summed E-state index contributed by atoms with van der Waals surface area (Å²) in [7, 11) is 3.50. The highest BCUT2D eigenvalue weighted by atomic mass is 79.9. The van der Waals surface area contributed by atoms with Gasteiger partial charge in [0.15, 0.2) is 0 Å². The van der Waals surface area contributed by atoms with Crippen LogP contribution in [0.25, 0.3) is 0 Å². The van der Waals surface area contributed by atoms with Gasteiger partial charge in [-0.3, -0.25) is 4.79 Å². The monoisotopic (exact) mass is 314 g/mol. The lowest BCUT2D eigenvalue weighted by Gasteiger charge is -2.12. The van der Waals surface area contributed by atoms with Crippen LogP contribution < -0.4 is 5.32 Å². The molecule has 0 bridgehead atoms. The van der Waals surface area contributed by atoms with E-state index in [0.717, 1.165) is 16.2 Å². The van der Waals surface area contributed by atoms with E-state index in [1.54, 1.807) is 19.0 Å². The number of hydrogen-bond acceptors (Lipinski definition) is 4. The minimum atomic E-state index is 0.0969. The smallest absolute Gasteiger partial charge is 0.223 e. The Labute approximate surface area is 116 Å². The maximum absolute atomic E-state index is 11.4. The van der Waals surface area contributed by atoms with Gasteiger partial charge in [-0.15, -0.1) is 0 Å². The molecule has 0 aliphatic heterocycles. The molecular formula is C12H19BrN4O. The van der Waals surface area contributed by atoms with Gasteiger partial charge in [0, 0.05) is 39.0 Å². The number of hydrogen-bond donors (Lipinski definition) is 1. The second-order valence-electron chi connectivity index (χ2n) is 4.55. The van der Waals surface area contributed by atoms with Crippen molar-refractivity contribution in [1.29, 1.82) is 0 Å². The summed E-state index contributed by atoms with van der Waals surface area (Å²) >= 11 is 3.36. The Morgan fingerprint density at radius 3 is 2.67 bits per heavy atom. The normalized spacial score (nSPS) is 10.6. The van der Waals surface area contributed by atoms with Crippen molar-refractivity contribution in [2.24, 2.45) is 0 Å². The molecule has 6 heteroatoms. The minimum absolute atomic E-state index is 0.0969. The second-order valence-corrected chi connectivity index (χ2v) is 5.37. The molecule has 1 aromatic rings.